The van der Waals surface area contributed by atoms with Gasteiger partial charge < -0.3 is 10.2 Å². The lowest BCUT2D eigenvalue weighted by molar-refractivity contribution is -0.131. The van der Waals surface area contributed by atoms with Gasteiger partial charge in [-0.25, -0.2) is 0 Å². The highest BCUT2D eigenvalue weighted by atomic mass is 32.1. The lowest BCUT2D eigenvalue weighted by Gasteiger charge is -2.24. The second-order valence-electron chi connectivity index (χ2n) is 5.68. The van der Waals surface area contributed by atoms with Crippen molar-refractivity contribution in [1.29, 1.82) is 0 Å². The predicted octanol–water partition coefficient (Wildman–Crippen LogP) is 3.60. The van der Waals surface area contributed by atoms with E-state index in [1.807, 2.05) is 16.3 Å². The van der Waals surface area contributed by atoms with Crippen LogP contribution in [0.3, 0.4) is 0 Å². The van der Waals surface area contributed by atoms with Crippen molar-refractivity contribution in [2.45, 2.75) is 32.2 Å². The summed E-state index contributed by atoms with van der Waals surface area (Å²) < 4.78 is 0. The Bertz CT molecular complexity index is 679. The van der Waals surface area contributed by atoms with Crippen LogP contribution in [-0.2, 0) is 4.79 Å². The van der Waals surface area contributed by atoms with Gasteiger partial charge in [-0.05, 0) is 43.3 Å². The normalized spacial score (nSPS) is 17.4. The summed E-state index contributed by atoms with van der Waals surface area (Å²) in [6.45, 7) is 3.30. The Morgan fingerprint density at radius 2 is 2.22 bits per heavy atom. The molecule has 6 heteroatoms. The van der Waals surface area contributed by atoms with Crippen molar-refractivity contribution in [3.63, 3.8) is 0 Å². The molecule has 2 amide bonds. The molecule has 3 heterocycles. The van der Waals surface area contributed by atoms with E-state index in [1.54, 1.807) is 17.4 Å². The Morgan fingerprint density at radius 3 is 2.91 bits per heavy atom. The zero-order chi connectivity index (χ0) is 16.2. The van der Waals surface area contributed by atoms with Crippen LogP contribution in [0.5, 0.6) is 0 Å². The number of aryl methyl sites for hydroxylation is 1. The number of nitrogens with zero attached hydrogens (tertiary/aromatic N) is 1. The first-order chi connectivity index (χ1) is 11.1. The molecular weight excluding hydrogens is 328 g/mol. The standard InChI is InChI=1S/C17H20N2O2S2/c1-12-6-7-14(23-12)13-4-2-10-19(13)16(20)8-9-18-17(21)15-5-3-11-22-15/h3,5-7,11,13H,2,4,8-10H2,1H3,(H,18,21). The molecule has 0 bridgehead atoms. The molecule has 2 aromatic heterocycles. The summed E-state index contributed by atoms with van der Waals surface area (Å²) in [4.78, 5) is 29.6. The smallest absolute Gasteiger partial charge is 0.261 e. The van der Waals surface area contributed by atoms with Gasteiger partial charge in [-0.1, -0.05) is 6.07 Å². The number of carbonyl (C=O) groups excluding carboxylic acids is 2. The van der Waals surface area contributed by atoms with Crippen LogP contribution in [0.25, 0.3) is 0 Å². The van der Waals surface area contributed by atoms with Crippen molar-refractivity contribution >= 4 is 34.5 Å². The zero-order valence-corrected chi connectivity index (χ0v) is 14.7. The minimum absolute atomic E-state index is 0.0975. The third-order valence-corrected chi connectivity index (χ3v) is 6.00. The summed E-state index contributed by atoms with van der Waals surface area (Å²) in [6.07, 6.45) is 2.44. The van der Waals surface area contributed by atoms with Crippen LogP contribution in [0.15, 0.2) is 29.6 Å². The van der Waals surface area contributed by atoms with E-state index in [0.29, 0.717) is 17.8 Å². The first-order valence-corrected chi connectivity index (χ1v) is 9.52. The summed E-state index contributed by atoms with van der Waals surface area (Å²) in [5, 5.41) is 4.70. The third kappa shape index (κ3) is 3.82. The Kier molecular flexibility index (Phi) is 5.13. The number of thiophene rings is 2. The second-order valence-corrected chi connectivity index (χ2v) is 7.94. The van der Waals surface area contributed by atoms with Gasteiger partial charge in [0.15, 0.2) is 0 Å². The Hall–Kier alpha value is -1.66. The Balaban J connectivity index is 1.52. The molecule has 1 saturated heterocycles. The van der Waals surface area contributed by atoms with E-state index in [9.17, 15) is 9.59 Å². The van der Waals surface area contributed by atoms with Crippen LogP contribution in [0.2, 0.25) is 0 Å². The van der Waals surface area contributed by atoms with Crippen molar-refractivity contribution in [3.8, 4) is 0 Å². The number of hydrogen-bond acceptors (Lipinski definition) is 4. The van der Waals surface area contributed by atoms with Gasteiger partial charge in [0, 0.05) is 29.3 Å². The van der Waals surface area contributed by atoms with Crippen molar-refractivity contribution in [2.75, 3.05) is 13.1 Å². The molecule has 0 aromatic carbocycles. The van der Waals surface area contributed by atoms with E-state index in [1.165, 1.54) is 21.1 Å². The van der Waals surface area contributed by atoms with Crippen molar-refractivity contribution < 1.29 is 9.59 Å². The third-order valence-electron chi connectivity index (χ3n) is 4.03. The van der Waals surface area contributed by atoms with Crippen LogP contribution >= 0.6 is 22.7 Å². The van der Waals surface area contributed by atoms with E-state index in [-0.39, 0.29) is 17.9 Å². The molecule has 1 aliphatic heterocycles. The van der Waals surface area contributed by atoms with Crippen molar-refractivity contribution in [2.24, 2.45) is 0 Å². The van der Waals surface area contributed by atoms with Gasteiger partial charge >= 0.3 is 0 Å². The minimum Gasteiger partial charge on any atom is -0.351 e. The maximum absolute atomic E-state index is 12.5. The van der Waals surface area contributed by atoms with Gasteiger partial charge in [-0.15, -0.1) is 22.7 Å². The number of rotatable bonds is 5. The Labute approximate surface area is 144 Å². The first kappa shape index (κ1) is 16.2. The van der Waals surface area contributed by atoms with Crippen LogP contribution in [0, 0.1) is 6.92 Å². The lowest BCUT2D eigenvalue weighted by atomic mass is 10.2. The van der Waals surface area contributed by atoms with E-state index in [0.717, 1.165) is 19.4 Å². The first-order valence-electron chi connectivity index (χ1n) is 7.82. The highest BCUT2D eigenvalue weighted by Crippen LogP contribution is 2.35. The van der Waals surface area contributed by atoms with Crippen molar-refractivity contribution in [3.05, 3.63) is 44.3 Å². The van der Waals surface area contributed by atoms with Gasteiger partial charge in [0.05, 0.1) is 10.9 Å². The van der Waals surface area contributed by atoms with E-state index >= 15 is 0 Å². The maximum atomic E-state index is 12.5. The molecule has 4 nitrogen and oxygen atoms in total. The number of amides is 2. The number of nitrogens with one attached hydrogen (secondary N) is 1. The molecule has 0 aliphatic carbocycles. The molecular formula is C17H20N2O2S2. The summed E-state index contributed by atoms with van der Waals surface area (Å²) in [5.74, 6) is 0.0321. The largest absolute Gasteiger partial charge is 0.351 e. The second kappa shape index (κ2) is 7.27. The fourth-order valence-corrected chi connectivity index (χ4v) is 4.58. The molecule has 1 N–H and O–H groups in total. The van der Waals surface area contributed by atoms with Gasteiger partial charge in [0.1, 0.15) is 0 Å². The summed E-state index contributed by atoms with van der Waals surface area (Å²) >= 11 is 3.18. The maximum Gasteiger partial charge on any atom is 0.261 e. The van der Waals surface area contributed by atoms with Crippen LogP contribution in [0.1, 0.15) is 44.7 Å². The summed E-state index contributed by atoms with van der Waals surface area (Å²) in [5.41, 5.74) is 0. The van der Waals surface area contributed by atoms with Gasteiger partial charge in [0.2, 0.25) is 5.91 Å². The molecule has 122 valence electrons. The highest BCUT2D eigenvalue weighted by Gasteiger charge is 2.30. The molecule has 1 atom stereocenters. The fraction of sp³-hybridized carbons (Fsp3) is 0.412. The van der Waals surface area contributed by atoms with Crippen LogP contribution in [-0.4, -0.2) is 29.8 Å². The Morgan fingerprint density at radius 1 is 1.35 bits per heavy atom. The number of carbonyl (C=O) groups is 2. The molecule has 0 spiro atoms. The molecule has 1 unspecified atom stereocenters. The SMILES string of the molecule is Cc1ccc(C2CCCN2C(=O)CCNC(=O)c2cccs2)s1. The molecule has 1 fully saturated rings. The average Bonchev–Trinajstić information content (AvgIpc) is 3.27. The quantitative estimate of drug-likeness (QED) is 0.897. The van der Waals surface area contributed by atoms with Crippen LogP contribution < -0.4 is 5.32 Å². The van der Waals surface area contributed by atoms with Gasteiger partial charge in [-0.2, -0.15) is 0 Å². The monoisotopic (exact) mass is 348 g/mol. The predicted molar refractivity (Wildman–Crippen MR) is 94.0 cm³/mol. The van der Waals surface area contributed by atoms with Crippen LogP contribution in [0.4, 0.5) is 0 Å². The minimum atomic E-state index is -0.0975. The zero-order valence-electron chi connectivity index (χ0n) is 13.1. The molecule has 0 saturated carbocycles. The molecule has 2 aromatic rings. The average molecular weight is 348 g/mol. The molecule has 1 aliphatic rings. The number of hydrogen-bond donors (Lipinski definition) is 1. The highest BCUT2D eigenvalue weighted by molar-refractivity contribution is 7.12. The van der Waals surface area contributed by atoms with Gasteiger partial charge in [-0.3, -0.25) is 9.59 Å². The van der Waals surface area contributed by atoms with E-state index in [4.69, 9.17) is 0 Å². The van der Waals surface area contributed by atoms with Crippen molar-refractivity contribution in [1.82, 2.24) is 10.2 Å². The lowest BCUT2D eigenvalue weighted by Crippen LogP contribution is -2.33. The number of likely N-dealkylation sites (tertiary alicyclic amines) is 1. The molecule has 23 heavy (non-hydrogen) atoms. The molecule has 3 rings (SSSR count). The summed E-state index contributed by atoms with van der Waals surface area (Å²) in [7, 11) is 0. The fourth-order valence-electron chi connectivity index (χ4n) is 2.91. The van der Waals surface area contributed by atoms with E-state index < -0.39 is 0 Å². The topological polar surface area (TPSA) is 49.4 Å². The van der Waals surface area contributed by atoms with E-state index in [2.05, 4.69) is 24.4 Å². The van der Waals surface area contributed by atoms with Gasteiger partial charge in [0.25, 0.3) is 5.91 Å². The molecule has 0 radical (unpaired) electrons. The summed E-state index contributed by atoms with van der Waals surface area (Å²) in [6, 6.07) is 8.10.